The van der Waals surface area contributed by atoms with Crippen molar-refractivity contribution in [1.82, 2.24) is 0 Å². The summed E-state index contributed by atoms with van der Waals surface area (Å²) in [5.74, 6) is -6.79. The van der Waals surface area contributed by atoms with Crippen LogP contribution in [-0.4, -0.2) is 209 Å². The van der Waals surface area contributed by atoms with Gasteiger partial charge in [0.15, 0.2) is 12.6 Å². The number of carbonyl (C=O) groups is 4. The van der Waals surface area contributed by atoms with Crippen molar-refractivity contribution < 1.29 is 114 Å². The molecule has 3 heterocycles. The third-order valence-electron chi connectivity index (χ3n) is 10.9. The molecule has 3 aliphatic heterocycles. The highest BCUT2D eigenvalue weighted by Gasteiger charge is 2.55. The zero-order chi connectivity index (χ0) is 41.2. The molecular formula is C33H50O23. The maximum atomic E-state index is 11.9. The van der Waals surface area contributed by atoms with Gasteiger partial charge in [-0.25, -0.2) is 0 Å². The molecule has 0 aromatic rings. The number of aliphatic hydroxyl groups is 10. The van der Waals surface area contributed by atoms with Gasteiger partial charge in [-0.2, -0.15) is 0 Å². The van der Waals surface area contributed by atoms with Crippen LogP contribution in [0.2, 0.25) is 0 Å². The van der Waals surface area contributed by atoms with E-state index < -0.39 is 172 Å². The average Bonchev–Trinajstić information content (AvgIpc) is 3.12. The summed E-state index contributed by atoms with van der Waals surface area (Å²) in [6, 6.07) is 0. The quantitative estimate of drug-likeness (QED) is 0.0608. The molecule has 3 saturated heterocycles. The standard InChI is InChI=1S/C33H50O23/c34-11-3-15-12(16(4-11)53-32-29(48)27(46)25(44)18(55-32)8-50-22(41)6-20(37)38)5-17(31(52-15)10-1-13(35)24(43)14(36)2-10)54-33-30(49)28(47)26(45)19(56-33)9-51-23(42)7-21(39)40/h10-19,24-36,43-49H,1-9H2,(H,37,38)(H,39,40)/t10?,11?,12?,13?,14?,15?,16?,17?,18-,19-,24?,25+,26-,27-,28+,29+,30-,31?,32-,33+/m1/s1. The van der Waals surface area contributed by atoms with E-state index >= 15 is 0 Å². The van der Waals surface area contributed by atoms with Crippen LogP contribution in [0.3, 0.4) is 0 Å². The van der Waals surface area contributed by atoms with Crippen LogP contribution in [0.15, 0.2) is 0 Å². The predicted molar refractivity (Wildman–Crippen MR) is 172 cm³/mol. The van der Waals surface area contributed by atoms with Crippen molar-refractivity contribution in [1.29, 1.82) is 0 Å². The number of esters is 2. The molecule has 5 fully saturated rings. The Kier molecular flexibility index (Phi) is 15.0. The van der Waals surface area contributed by atoms with E-state index in [1.54, 1.807) is 0 Å². The number of hydrogen-bond acceptors (Lipinski definition) is 21. The summed E-state index contributed by atoms with van der Waals surface area (Å²) >= 11 is 0. The molecule has 0 amide bonds. The first-order chi connectivity index (χ1) is 26.3. The molecule has 2 aliphatic carbocycles. The second-order valence-electron chi connectivity index (χ2n) is 14.9. The molecule has 0 aromatic heterocycles. The van der Waals surface area contributed by atoms with Gasteiger partial charge in [0.1, 0.15) is 81.0 Å². The minimum Gasteiger partial charge on any atom is -0.481 e. The van der Waals surface area contributed by atoms with Gasteiger partial charge in [0.05, 0.1) is 42.7 Å². The first kappa shape index (κ1) is 44.4. The van der Waals surface area contributed by atoms with Crippen molar-refractivity contribution in [2.45, 2.75) is 155 Å². The number of aliphatic carboxylic acids is 2. The van der Waals surface area contributed by atoms with Gasteiger partial charge in [0, 0.05) is 12.3 Å². The van der Waals surface area contributed by atoms with Gasteiger partial charge in [-0.15, -0.1) is 0 Å². The Morgan fingerprint density at radius 2 is 0.982 bits per heavy atom. The normalized spacial score (nSPS) is 45.6. The molecule has 0 aromatic carbocycles. The van der Waals surface area contributed by atoms with Gasteiger partial charge in [-0.05, 0) is 31.6 Å². The lowest BCUT2D eigenvalue weighted by atomic mass is 9.72. The van der Waals surface area contributed by atoms with Crippen molar-refractivity contribution in [2.75, 3.05) is 13.2 Å². The second-order valence-corrected chi connectivity index (χ2v) is 14.9. The average molecular weight is 815 g/mol. The fraction of sp³-hybridized carbons (Fsp3) is 0.879. The van der Waals surface area contributed by atoms with Crippen molar-refractivity contribution >= 4 is 23.9 Å². The molecule has 12 N–H and O–H groups in total. The van der Waals surface area contributed by atoms with Crippen molar-refractivity contribution in [3.63, 3.8) is 0 Å². The molecule has 23 heteroatoms. The number of carboxylic acid groups (broad SMARTS) is 2. The smallest absolute Gasteiger partial charge is 0.317 e. The van der Waals surface area contributed by atoms with Gasteiger partial charge >= 0.3 is 23.9 Å². The Bertz CT molecular complexity index is 1360. The van der Waals surface area contributed by atoms with Gasteiger partial charge in [0.25, 0.3) is 0 Å². The maximum absolute atomic E-state index is 11.9. The molecule has 56 heavy (non-hydrogen) atoms. The second kappa shape index (κ2) is 18.9. The fourth-order valence-corrected chi connectivity index (χ4v) is 7.97. The number of ether oxygens (including phenoxy) is 7. The lowest BCUT2D eigenvalue weighted by Gasteiger charge is -2.52. The first-order valence-corrected chi connectivity index (χ1v) is 18.2. The topological polar surface area (TPSA) is 376 Å². The van der Waals surface area contributed by atoms with Gasteiger partial charge < -0.3 is 94.4 Å². The highest BCUT2D eigenvalue weighted by atomic mass is 16.7. The first-order valence-electron chi connectivity index (χ1n) is 18.2. The zero-order valence-electron chi connectivity index (χ0n) is 29.8. The van der Waals surface area contributed by atoms with Gasteiger partial charge in [-0.3, -0.25) is 19.2 Å². The van der Waals surface area contributed by atoms with E-state index in [1.807, 2.05) is 0 Å². The SMILES string of the molecule is O=C(O)CC(=O)OC[C@H]1O[C@@H](OC2CC(O)CC3OC(C4CC(O)C(O)C(O)C4)C(O[C@H]4O[C@H](COC(=O)CC(=O)O)[C@@H](O)[C@H](O)[C@H]4O)CC32)[C@@H](O)[C@H](O)[C@H]1O. The Morgan fingerprint density at radius 1 is 0.518 bits per heavy atom. The van der Waals surface area contributed by atoms with Crippen molar-refractivity contribution in [2.24, 2.45) is 11.8 Å². The van der Waals surface area contributed by atoms with E-state index in [0.29, 0.717) is 0 Å². The summed E-state index contributed by atoms with van der Waals surface area (Å²) in [6.07, 6.45) is -29.5. The third kappa shape index (κ3) is 10.5. The zero-order valence-corrected chi connectivity index (χ0v) is 29.8. The minimum absolute atomic E-state index is 0.0308. The Labute approximate surface area is 317 Å². The van der Waals surface area contributed by atoms with Crippen LogP contribution in [0, 0.1) is 11.8 Å². The predicted octanol–water partition coefficient (Wildman–Crippen LogP) is -6.17. The van der Waals surface area contributed by atoms with Crippen LogP contribution in [0.1, 0.15) is 44.9 Å². The maximum Gasteiger partial charge on any atom is 0.317 e. The van der Waals surface area contributed by atoms with E-state index in [-0.39, 0.29) is 32.1 Å². The lowest BCUT2D eigenvalue weighted by Crippen LogP contribution is -2.63. The highest BCUT2D eigenvalue weighted by Crippen LogP contribution is 2.45. The Balaban J connectivity index is 1.36. The van der Waals surface area contributed by atoms with E-state index in [2.05, 4.69) is 0 Å². The molecule has 5 rings (SSSR count). The molecule has 8 unspecified atom stereocenters. The van der Waals surface area contributed by atoms with Crippen LogP contribution < -0.4 is 0 Å². The number of rotatable bonds is 13. The van der Waals surface area contributed by atoms with Gasteiger partial charge in [-0.1, -0.05) is 0 Å². The molecule has 0 bridgehead atoms. The minimum atomic E-state index is -1.93. The van der Waals surface area contributed by atoms with Crippen LogP contribution in [-0.2, 0) is 52.3 Å². The van der Waals surface area contributed by atoms with Crippen LogP contribution in [0.5, 0.6) is 0 Å². The molecule has 0 radical (unpaired) electrons. The summed E-state index contributed by atoms with van der Waals surface area (Å²) < 4.78 is 39.8. The lowest BCUT2D eigenvalue weighted by molar-refractivity contribution is -0.345. The third-order valence-corrected chi connectivity index (χ3v) is 10.9. The number of carbonyl (C=O) groups excluding carboxylic acids is 2. The van der Waals surface area contributed by atoms with Crippen molar-refractivity contribution in [3.05, 3.63) is 0 Å². The summed E-state index contributed by atoms with van der Waals surface area (Å²) in [5.41, 5.74) is 0. The molecular weight excluding hydrogens is 764 g/mol. The monoisotopic (exact) mass is 814 g/mol. The van der Waals surface area contributed by atoms with Crippen LogP contribution in [0.25, 0.3) is 0 Å². The molecule has 2 saturated carbocycles. The van der Waals surface area contributed by atoms with Crippen LogP contribution in [0.4, 0.5) is 0 Å². The molecule has 320 valence electrons. The number of hydrogen-bond donors (Lipinski definition) is 12. The highest BCUT2D eigenvalue weighted by molar-refractivity contribution is 5.90. The molecule has 23 nitrogen and oxygen atoms in total. The van der Waals surface area contributed by atoms with Gasteiger partial charge in [0.2, 0.25) is 0 Å². The molecule has 0 spiro atoms. The number of carboxylic acids is 2. The molecule has 5 aliphatic rings. The van der Waals surface area contributed by atoms with E-state index in [4.69, 9.17) is 43.4 Å². The molecule has 18 atom stereocenters. The number of fused-ring (bicyclic) bond motifs is 1. The summed E-state index contributed by atoms with van der Waals surface area (Å²) in [6.45, 7) is -1.47. The number of aliphatic hydroxyl groups excluding tert-OH is 10. The van der Waals surface area contributed by atoms with Crippen molar-refractivity contribution in [3.8, 4) is 0 Å². The van der Waals surface area contributed by atoms with Crippen LogP contribution >= 0.6 is 0 Å². The fourth-order valence-electron chi connectivity index (χ4n) is 7.97. The Morgan fingerprint density at radius 3 is 1.45 bits per heavy atom. The summed E-state index contributed by atoms with van der Waals surface area (Å²) in [5, 5.41) is 124. The van der Waals surface area contributed by atoms with E-state index in [9.17, 15) is 70.2 Å². The summed E-state index contributed by atoms with van der Waals surface area (Å²) in [4.78, 5) is 45.4. The summed E-state index contributed by atoms with van der Waals surface area (Å²) in [7, 11) is 0. The van der Waals surface area contributed by atoms with E-state index in [0.717, 1.165) is 0 Å². The van der Waals surface area contributed by atoms with E-state index in [1.165, 1.54) is 0 Å². The largest absolute Gasteiger partial charge is 0.481 e. The Hall–Kier alpha value is -2.72.